The molecule has 0 spiro atoms. The topological polar surface area (TPSA) is 62.5 Å². The van der Waals surface area contributed by atoms with E-state index < -0.39 is 0 Å². The van der Waals surface area contributed by atoms with Crippen molar-refractivity contribution in [3.8, 4) is 11.1 Å². The van der Waals surface area contributed by atoms with Crippen LogP contribution < -0.4 is 4.90 Å². The standard InChI is InChI=1S/C23H23N7/c1-2-5-18(6-3-1)19-14-27-30-16-17(13-26-22(19)30)15-28-11-7-21-20(28)8-12-29(21)23-24-9-4-10-25-23/h1-6,9-10,13-14,16,20-21H,7-8,11-12,15H2/t20-,21-/m0/s1. The van der Waals surface area contributed by atoms with Gasteiger partial charge in [0.15, 0.2) is 5.65 Å². The molecular weight excluding hydrogens is 374 g/mol. The number of anilines is 1. The predicted octanol–water partition coefficient (Wildman–Crippen LogP) is 3.04. The second kappa shape index (κ2) is 7.18. The summed E-state index contributed by atoms with van der Waals surface area (Å²) in [6.07, 6.45) is 12.0. The molecular formula is C23H23N7. The van der Waals surface area contributed by atoms with Gasteiger partial charge in [-0.05, 0) is 24.5 Å². The van der Waals surface area contributed by atoms with Gasteiger partial charge in [0.05, 0.1) is 6.20 Å². The van der Waals surface area contributed by atoms with E-state index in [-0.39, 0.29) is 0 Å². The number of hydrogen-bond acceptors (Lipinski definition) is 6. The van der Waals surface area contributed by atoms with Crippen molar-refractivity contribution in [2.45, 2.75) is 31.5 Å². The molecule has 150 valence electrons. The maximum Gasteiger partial charge on any atom is 0.225 e. The molecule has 0 aliphatic carbocycles. The maximum absolute atomic E-state index is 4.75. The SMILES string of the molecule is c1ccc(-c2cnn3cc(CN4CC[C@H]5[C@@H]4CCN5c4ncccn4)cnc23)cc1. The number of aromatic nitrogens is 5. The third kappa shape index (κ3) is 2.93. The van der Waals surface area contributed by atoms with Crippen LogP contribution in [0.5, 0.6) is 0 Å². The summed E-state index contributed by atoms with van der Waals surface area (Å²) in [5, 5.41) is 4.56. The summed E-state index contributed by atoms with van der Waals surface area (Å²) in [5.41, 5.74) is 4.31. The van der Waals surface area contributed by atoms with Crippen molar-refractivity contribution in [3.63, 3.8) is 0 Å². The Labute approximate surface area is 175 Å². The summed E-state index contributed by atoms with van der Waals surface area (Å²) >= 11 is 0. The number of likely N-dealkylation sites (tertiary alicyclic amines) is 1. The van der Waals surface area contributed by atoms with E-state index in [2.05, 4.69) is 43.2 Å². The Hall–Kier alpha value is -3.32. The molecule has 5 heterocycles. The van der Waals surface area contributed by atoms with E-state index in [1.807, 2.05) is 53.6 Å². The lowest BCUT2D eigenvalue weighted by atomic mass is 10.1. The van der Waals surface area contributed by atoms with Crippen LogP contribution in [0.4, 0.5) is 5.95 Å². The van der Waals surface area contributed by atoms with Crippen molar-refractivity contribution in [3.05, 3.63) is 72.9 Å². The molecule has 0 bridgehead atoms. The molecule has 2 atom stereocenters. The Kier molecular flexibility index (Phi) is 4.19. The van der Waals surface area contributed by atoms with E-state index in [1.54, 1.807) is 0 Å². The van der Waals surface area contributed by atoms with Gasteiger partial charge < -0.3 is 4.90 Å². The molecule has 4 aromatic rings. The normalized spacial score (nSPS) is 21.4. The number of fused-ring (bicyclic) bond motifs is 2. The van der Waals surface area contributed by atoms with Crippen molar-refractivity contribution < 1.29 is 0 Å². The fourth-order valence-corrected chi connectivity index (χ4v) is 5.01. The second-order valence-corrected chi connectivity index (χ2v) is 8.08. The van der Waals surface area contributed by atoms with Gasteiger partial charge in [-0.2, -0.15) is 5.10 Å². The van der Waals surface area contributed by atoms with E-state index in [4.69, 9.17) is 4.98 Å². The first-order valence-electron chi connectivity index (χ1n) is 10.5. The summed E-state index contributed by atoms with van der Waals surface area (Å²) in [5.74, 6) is 0.861. The lowest BCUT2D eigenvalue weighted by Gasteiger charge is -2.25. The van der Waals surface area contributed by atoms with Gasteiger partial charge in [-0.1, -0.05) is 30.3 Å². The number of benzene rings is 1. The molecule has 0 unspecified atom stereocenters. The summed E-state index contributed by atoms with van der Waals surface area (Å²) in [6.45, 7) is 3.01. The van der Waals surface area contributed by atoms with E-state index in [0.717, 1.165) is 55.2 Å². The minimum Gasteiger partial charge on any atom is -0.336 e. The number of hydrogen-bond donors (Lipinski definition) is 0. The van der Waals surface area contributed by atoms with Gasteiger partial charge in [0, 0.05) is 67.6 Å². The van der Waals surface area contributed by atoms with Crippen LogP contribution in [-0.2, 0) is 6.54 Å². The predicted molar refractivity (Wildman–Crippen MR) is 115 cm³/mol. The lowest BCUT2D eigenvalue weighted by molar-refractivity contribution is 0.245. The minimum absolute atomic E-state index is 0.499. The van der Waals surface area contributed by atoms with Crippen molar-refractivity contribution in [2.24, 2.45) is 0 Å². The van der Waals surface area contributed by atoms with Gasteiger partial charge in [-0.3, -0.25) is 4.90 Å². The second-order valence-electron chi connectivity index (χ2n) is 8.08. The highest BCUT2D eigenvalue weighted by Crippen LogP contribution is 2.34. The fraction of sp³-hybridized carbons (Fsp3) is 0.304. The van der Waals surface area contributed by atoms with Crippen molar-refractivity contribution >= 4 is 11.6 Å². The van der Waals surface area contributed by atoms with Gasteiger partial charge >= 0.3 is 0 Å². The molecule has 1 aromatic carbocycles. The van der Waals surface area contributed by atoms with Crippen molar-refractivity contribution in [1.82, 2.24) is 29.5 Å². The minimum atomic E-state index is 0.499. The Bertz CT molecular complexity index is 1160. The Morgan fingerprint density at radius 2 is 1.70 bits per heavy atom. The monoisotopic (exact) mass is 397 g/mol. The zero-order chi connectivity index (χ0) is 19.9. The van der Waals surface area contributed by atoms with Crippen LogP contribution in [0.1, 0.15) is 18.4 Å². The third-order valence-electron chi connectivity index (χ3n) is 6.38. The van der Waals surface area contributed by atoms with Crippen LogP contribution >= 0.6 is 0 Å². The lowest BCUT2D eigenvalue weighted by Crippen LogP contribution is -2.37. The molecule has 30 heavy (non-hydrogen) atoms. The Balaban J connectivity index is 1.21. The van der Waals surface area contributed by atoms with Gasteiger partial charge in [0.2, 0.25) is 5.95 Å². The highest BCUT2D eigenvalue weighted by atomic mass is 15.4. The summed E-state index contributed by atoms with van der Waals surface area (Å²) in [6, 6.07) is 13.2. The Morgan fingerprint density at radius 1 is 0.867 bits per heavy atom. The van der Waals surface area contributed by atoms with E-state index in [1.165, 1.54) is 5.56 Å². The van der Waals surface area contributed by atoms with Crippen LogP contribution in [0.15, 0.2) is 67.4 Å². The van der Waals surface area contributed by atoms with Gasteiger partial charge in [0.1, 0.15) is 0 Å². The molecule has 7 heteroatoms. The zero-order valence-corrected chi connectivity index (χ0v) is 16.7. The van der Waals surface area contributed by atoms with E-state index in [0.29, 0.717) is 12.1 Å². The van der Waals surface area contributed by atoms with Crippen molar-refractivity contribution in [2.75, 3.05) is 18.0 Å². The molecule has 2 aliphatic rings. The third-order valence-corrected chi connectivity index (χ3v) is 6.38. The molecule has 2 saturated heterocycles. The average Bonchev–Trinajstić information content (AvgIpc) is 3.51. The van der Waals surface area contributed by atoms with Crippen LogP contribution in [0.2, 0.25) is 0 Å². The molecule has 2 aliphatic heterocycles. The van der Waals surface area contributed by atoms with Gasteiger partial charge in [0.25, 0.3) is 0 Å². The van der Waals surface area contributed by atoms with Gasteiger partial charge in [-0.25, -0.2) is 19.5 Å². The zero-order valence-electron chi connectivity index (χ0n) is 16.7. The smallest absolute Gasteiger partial charge is 0.225 e. The largest absolute Gasteiger partial charge is 0.336 e. The number of rotatable bonds is 4. The molecule has 6 rings (SSSR count). The molecule has 0 radical (unpaired) electrons. The first kappa shape index (κ1) is 17.5. The summed E-state index contributed by atoms with van der Waals surface area (Å²) in [7, 11) is 0. The average molecular weight is 397 g/mol. The first-order valence-corrected chi connectivity index (χ1v) is 10.5. The van der Waals surface area contributed by atoms with Crippen LogP contribution in [-0.4, -0.2) is 54.6 Å². The number of nitrogens with zero attached hydrogens (tertiary/aromatic N) is 7. The molecule has 3 aromatic heterocycles. The van der Waals surface area contributed by atoms with Crippen LogP contribution in [0, 0.1) is 0 Å². The maximum atomic E-state index is 4.75. The fourth-order valence-electron chi connectivity index (χ4n) is 5.01. The van der Waals surface area contributed by atoms with Crippen LogP contribution in [0.25, 0.3) is 16.8 Å². The van der Waals surface area contributed by atoms with E-state index in [9.17, 15) is 0 Å². The first-order chi connectivity index (χ1) is 14.9. The highest BCUT2D eigenvalue weighted by molar-refractivity contribution is 5.76. The van der Waals surface area contributed by atoms with Crippen LogP contribution in [0.3, 0.4) is 0 Å². The molecule has 7 nitrogen and oxygen atoms in total. The molecule has 0 N–H and O–H groups in total. The highest BCUT2D eigenvalue weighted by Gasteiger charge is 2.43. The summed E-state index contributed by atoms with van der Waals surface area (Å²) in [4.78, 5) is 18.6. The quantitative estimate of drug-likeness (QED) is 0.528. The van der Waals surface area contributed by atoms with E-state index >= 15 is 0 Å². The Morgan fingerprint density at radius 3 is 2.57 bits per heavy atom. The molecule has 2 fully saturated rings. The molecule has 0 amide bonds. The molecule has 0 saturated carbocycles. The summed E-state index contributed by atoms with van der Waals surface area (Å²) < 4.78 is 1.91. The van der Waals surface area contributed by atoms with Gasteiger partial charge in [-0.15, -0.1) is 0 Å². The van der Waals surface area contributed by atoms with Crippen molar-refractivity contribution in [1.29, 1.82) is 0 Å².